The number of hydrogen-bond acceptors (Lipinski definition) is 3. The summed E-state index contributed by atoms with van der Waals surface area (Å²) in [6, 6.07) is 6.62. The first-order chi connectivity index (χ1) is 12.3. The van der Waals surface area contributed by atoms with Crippen LogP contribution < -0.4 is 0 Å². The van der Waals surface area contributed by atoms with Gasteiger partial charge in [0, 0.05) is 37.3 Å². The number of likely N-dealkylation sites (tertiary alicyclic amines) is 1. The zero-order valence-electron chi connectivity index (χ0n) is 16.0. The lowest BCUT2D eigenvalue weighted by atomic mass is 9.76. The maximum Gasteiger partial charge on any atom is 0.311 e. The molecule has 2 rings (SSSR count). The molecule has 0 bridgehead atoms. The van der Waals surface area contributed by atoms with Crippen LogP contribution in [-0.2, 0) is 4.79 Å². The van der Waals surface area contributed by atoms with Gasteiger partial charge in [-0.05, 0) is 50.5 Å². The number of carboxylic acid groups (broad SMARTS) is 1. The normalized spacial score (nSPS) is 19.7. The van der Waals surface area contributed by atoms with Crippen LogP contribution in [0.4, 0.5) is 0 Å². The Hall–Kier alpha value is -2.37. The summed E-state index contributed by atoms with van der Waals surface area (Å²) in [5.74, 6) is -1.13. The lowest BCUT2D eigenvalue weighted by molar-refractivity contribution is -0.150. The summed E-state index contributed by atoms with van der Waals surface area (Å²) in [5.41, 5.74) is 0.147. The average Bonchev–Trinajstić information content (AvgIpc) is 3.09. The number of amides is 2. The van der Waals surface area contributed by atoms with Crippen LogP contribution in [0.3, 0.4) is 0 Å². The molecule has 1 saturated heterocycles. The molecule has 1 aromatic carbocycles. The van der Waals surface area contributed by atoms with Gasteiger partial charge < -0.3 is 14.9 Å². The van der Waals surface area contributed by atoms with Crippen molar-refractivity contribution in [3.05, 3.63) is 35.4 Å². The highest BCUT2D eigenvalue weighted by Crippen LogP contribution is 2.38. The highest BCUT2D eigenvalue weighted by molar-refractivity contribution is 5.98. The van der Waals surface area contributed by atoms with Crippen molar-refractivity contribution in [3.8, 4) is 0 Å². The quantitative estimate of drug-likeness (QED) is 0.846. The van der Waals surface area contributed by atoms with Gasteiger partial charge >= 0.3 is 5.97 Å². The van der Waals surface area contributed by atoms with E-state index < -0.39 is 11.4 Å². The Kier molecular flexibility index (Phi) is 6.05. The van der Waals surface area contributed by atoms with Crippen LogP contribution in [0.25, 0.3) is 0 Å². The second-order valence-electron chi connectivity index (χ2n) is 7.15. The summed E-state index contributed by atoms with van der Waals surface area (Å²) in [5, 5.41) is 9.62. The van der Waals surface area contributed by atoms with Gasteiger partial charge in [0.25, 0.3) is 11.8 Å². The molecule has 1 fully saturated rings. The van der Waals surface area contributed by atoms with Crippen molar-refractivity contribution in [3.63, 3.8) is 0 Å². The van der Waals surface area contributed by atoms with E-state index in [1.807, 2.05) is 27.7 Å². The van der Waals surface area contributed by atoms with Gasteiger partial charge in [0.05, 0.1) is 5.41 Å². The van der Waals surface area contributed by atoms with Crippen LogP contribution in [0, 0.1) is 11.3 Å². The number of nitrogens with zero attached hydrogens (tertiary/aromatic N) is 2. The summed E-state index contributed by atoms with van der Waals surface area (Å²) in [4.78, 5) is 40.1. The van der Waals surface area contributed by atoms with Crippen LogP contribution >= 0.6 is 0 Å². The number of carboxylic acids is 1. The Balaban J connectivity index is 2.14. The fourth-order valence-corrected chi connectivity index (χ4v) is 3.53. The second-order valence-corrected chi connectivity index (χ2v) is 7.15. The van der Waals surface area contributed by atoms with Crippen molar-refractivity contribution in [2.24, 2.45) is 11.3 Å². The third-order valence-corrected chi connectivity index (χ3v) is 5.55. The van der Waals surface area contributed by atoms with E-state index >= 15 is 0 Å². The highest BCUT2D eigenvalue weighted by Gasteiger charge is 2.48. The van der Waals surface area contributed by atoms with E-state index in [2.05, 4.69) is 0 Å². The predicted molar refractivity (Wildman–Crippen MR) is 99.1 cm³/mol. The molecule has 142 valence electrons. The van der Waals surface area contributed by atoms with E-state index in [0.717, 1.165) is 0 Å². The van der Waals surface area contributed by atoms with Crippen molar-refractivity contribution < 1.29 is 19.5 Å². The van der Waals surface area contributed by atoms with Crippen LogP contribution in [0.5, 0.6) is 0 Å². The monoisotopic (exact) mass is 360 g/mol. The Bertz CT molecular complexity index is 680. The van der Waals surface area contributed by atoms with Crippen molar-refractivity contribution in [2.45, 2.75) is 34.1 Å². The number of rotatable bonds is 6. The molecular weight excluding hydrogens is 332 g/mol. The average molecular weight is 360 g/mol. The zero-order chi connectivity index (χ0) is 19.5. The Morgan fingerprint density at radius 3 is 2.08 bits per heavy atom. The molecule has 26 heavy (non-hydrogen) atoms. The lowest BCUT2D eigenvalue weighted by Gasteiger charge is -2.28. The summed E-state index contributed by atoms with van der Waals surface area (Å²) in [6.07, 6.45) is 0.463. The fraction of sp³-hybridized carbons (Fsp3) is 0.550. The minimum atomic E-state index is -0.881. The number of hydrogen-bond donors (Lipinski definition) is 1. The molecular formula is C20H28N2O4. The molecule has 1 heterocycles. The van der Waals surface area contributed by atoms with E-state index in [0.29, 0.717) is 37.2 Å². The molecule has 6 nitrogen and oxygen atoms in total. The van der Waals surface area contributed by atoms with Crippen molar-refractivity contribution in [2.75, 3.05) is 26.2 Å². The number of benzene rings is 1. The van der Waals surface area contributed by atoms with E-state index in [4.69, 9.17) is 0 Å². The van der Waals surface area contributed by atoms with Gasteiger partial charge in [-0.25, -0.2) is 0 Å². The molecule has 1 N–H and O–H groups in total. The highest BCUT2D eigenvalue weighted by atomic mass is 16.4. The largest absolute Gasteiger partial charge is 0.481 e. The second kappa shape index (κ2) is 7.89. The molecule has 0 spiro atoms. The van der Waals surface area contributed by atoms with Crippen LogP contribution in [-0.4, -0.2) is 58.9 Å². The topological polar surface area (TPSA) is 77.9 Å². The summed E-state index contributed by atoms with van der Waals surface area (Å²) >= 11 is 0. The maximum absolute atomic E-state index is 12.7. The number of carbonyl (C=O) groups excluding carboxylic acids is 2. The van der Waals surface area contributed by atoms with Crippen LogP contribution in [0.15, 0.2) is 24.3 Å². The van der Waals surface area contributed by atoms with Crippen LogP contribution in [0.1, 0.15) is 54.8 Å². The minimum Gasteiger partial charge on any atom is -0.481 e. The molecule has 0 aliphatic carbocycles. The molecule has 0 radical (unpaired) electrons. The smallest absolute Gasteiger partial charge is 0.311 e. The van der Waals surface area contributed by atoms with Crippen molar-refractivity contribution in [1.29, 1.82) is 0 Å². The van der Waals surface area contributed by atoms with E-state index in [-0.39, 0.29) is 24.3 Å². The summed E-state index contributed by atoms with van der Waals surface area (Å²) in [7, 11) is 0. The Morgan fingerprint density at radius 2 is 1.65 bits per heavy atom. The fourth-order valence-electron chi connectivity index (χ4n) is 3.53. The van der Waals surface area contributed by atoms with E-state index in [1.165, 1.54) is 0 Å². The Labute approximate surface area is 154 Å². The van der Waals surface area contributed by atoms with Gasteiger partial charge in [-0.3, -0.25) is 14.4 Å². The summed E-state index contributed by atoms with van der Waals surface area (Å²) < 4.78 is 0. The molecule has 1 aliphatic rings. The van der Waals surface area contributed by atoms with E-state index in [1.54, 1.807) is 34.1 Å². The van der Waals surface area contributed by atoms with E-state index in [9.17, 15) is 19.5 Å². The van der Waals surface area contributed by atoms with Gasteiger partial charge in [-0.1, -0.05) is 13.8 Å². The molecule has 2 amide bonds. The zero-order valence-corrected chi connectivity index (χ0v) is 16.0. The van der Waals surface area contributed by atoms with Gasteiger partial charge in [0.15, 0.2) is 0 Å². The molecule has 1 atom stereocenters. The summed E-state index contributed by atoms with van der Waals surface area (Å²) in [6.45, 7) is 9.55. The molecule has 6 heteroatoms. The standard InChI is InChI=1S/C20H28N2O4/c1-5-21(6-2)17(23)15-7-9-16(10-8-15)18(24)22-12-11-20(13-22,14(3)4)19(25)26/h7-10,14H,5-6,11-13H2,1-4H3,(H,25,26). The first-order valence-corrected chi connectivity index (χ1v) is 9.18. The van der Waals surface area contributed by atoms with Gasteiger partial charge in [-0.2, -0.15) is 0 Å². The third kappa shape index (κ3) is 3.59. The first kappa shape index (κ1) is 19.9. The van der Waals surface area contributed by atoms with Crippen molar-refractivity contribution in [1.82, 2.24) is 9.80 Å². The molecule has 0 saturated carbocycles. The lowest BCUT2D eigenvalue weighted by Crippen LogP contribution is -2.40. The van der Waals surface area contributed by atoms with Crippen molar-refractivity contribution >= 4 is 17.8 Å². The SMILES string of the molecule is CCN(CC)C(=O)c1ccc(C(=O)N2CCC(C(=O)O)(C(C)C)C2)cc1. The molecule has 1 unspecified atom stereocenters. The predicted octanol–water partition coefficient (Wildman–Crippen LogP) is 2.74. The maximum atomic E-state index is 12.7. The molecule has 1 aromatic rings. The first-order valence-electron chi connectivity index (χ1n) is 9.18. The Morgan fingerprint density at radius 1 is 1.12 bits per heavy atom. The van der Waals surface area contributed by atoms with Crippen LogP contribution in [0.2, 0.25) is 0 Å². The number of carbonyl (C=O) groups is 3. The van der Waals surface area contributed by atoms with Gasteiger partial charge in [-0.15, -0.1) is 0 Å². The van der Waals surface area contributed by atoms with Gasteiger partial charge in [0.2, 0.25) is 0 Å². The van der Waals surface area contributed by atoms with Gasteiger partial charge in [0.1, 0.15) is 0 Å². The third-order valence-electron chi connectivity index (χ3n) is 5.55. The number of aliphatic carboxylic acids is 1. The minimum absolute atomic E-state index is 0.0492. The molecule has 1 aliphatic heterocycles. The molecule has 0 aromatic heterocycles.